The second-order valence-corrected chi connectivity index (χ2v) is 9.52. The van der Waals surface area contributed by atoms with E-state index in [1.807, 2.05) is 4.90 Å². The van der Waals surface area contributed by atoms with Gasteiger partial charge < -0.3 is 4.90 Å². The van der Waals surface area contributed by atoms with Gasteiger partial charge in [0.2, 0.25) is 15.9 Å². The van der Waals surface area contributed by atoms with E-state index in [0.717, 1.165) is 50.9 Å². The molecule has 0 aromatic heterocycles. The maximum atomic E-state index is 13.1. The lowest BCUT2D eigenvalue weighted by Crippen LogP contribution is -2.51. The Hall–Kier alpha value is -1.51. The Morgan fingerprint density at radius 2 is 1.79 bits per heavy atom. The van der Waals surface area contributed by atoms with E-state index in [0.29, 0.717) is 26.1 Å². The van der Waals surface area contributed by atoms with Crippen LogP contribution in [0.2, 0.25) is 0 Å². The summed E-state index contributed by atoms with van der Waals surface area (Å²) in [6.45, 7) is 5.62. The molecule has 1 aromatic carbocycles. The molecule has 2 aliphatic rings. The fraction of sp³-hybridized carbons (Fsp3) is 0.650. The molecule has 2 heterocycles. The smallest absolute Gasteiger partial charge is 0.243 e. The largest absolute Gasteiger partial charge is 0.340 e. The van der Waals surface area contributed by atoms with Crippen LogP contribution in [0.5, 0.6) is 0 Å². The topological polar surface area (TPSA) is 60.9 Å². The van der Waals surface area contributed by atoms with Gasteiger partial charge >= 0.3 is 0 Å². The van der Waals surface area contributed by atoms with Crippen molar-refractivity contribution in [2.45, 2.75) is 50.0 Å². The number of hydrogen-bond donors (Lipinski definition) is 0. The third-order valence-corrected chi connectivity index (χ3v) is 7.54. The standard InChI is InChI=1S/C20H30FN3O3S/c1-2-11-22-12-4-3-6-19(22)20(25)23-13-5-14-24(16-15-23)28(26,27)18-9-7-17(21)8-10-18/h7-10,19H,2-6,11-16H2,1H3. The van der Waals surface area contributed by atoms with Crippen molar-refractivity contribution >= 4 is 15.9 Å². The molecule has 2 fully saturated rings. The summed E-state index contributed by atoms with van der Waals surface area (Å²) in [5, 5.41) is 0. The van der Waals surface area contributed by atoms with E-state index in [-0.39, 0.29) is 23.4 Å². The molecule has 2 saturated heterocycles. The summed E-state index contributed by atoms with van der Waals surface area (Å²) in [5.74, 6) is -0.329. The minimum absolute atomic E-state index is 0.0750. The number of hydrogen-bond acceptors (Lipinski definition) is 4. The molecule has 1 aromatic rings. The van der Waals surface area contributed by atoms with Crippen LogP contribution >= 0.6 is 0 Å². The second-order valence-electron chi connectivity index (χ2n) is 7.58. The molecule has 3 rings (SSSR count). The Kier molecular flexibility index (Phi) is 7.06. The lowest BCUT2D eigenvalue weighted by atomic mass is 10.0. The van der Waals surface area contributed by atoms with E-state index in [1.54, 1.807) is 0 Å². The number of rotatable bonds is 5. The lowest BCUT2D eigenvalue weighted by Gasteiger charge is -2.37. The van der Waals surface area contributed by atoms with Crippen LogP contribution in [0, 0.1) is 5.82 Å². The molecular formula is C20H30FN3O3S. The van der Waals surface area contributed by atoms with Gasteiger partial charge in [-0.25, -0.2) is 12.8 Å². The van der Waals surface area contributed by atoms with Gasteiger partial charge in [0.1, 0.15) is 5.82 Å². The third-order valence-electron chi connectivity index (χ3n) is 5.63. The normalized spacial score (nSPS) is 22.8. The Balaban J connectivity index is 1.67. The number of sulfonamides is 1. The highest BCUT2D eigenvalue weighted by Gasteiger charge is 2.34. The Morgan fingerprint density at radius 1 is 1.04 bits per heavy atom. The van der Waals surface area contributed by atoms with E-state index < -0.39 is 15.8 Å². The molecule has 1 amide bonds. The number of benzene rings is 1. The minimum Gasteiger partial charge on any atom is -0.340 e. The van der Waals surface area contributed by atoms with Crippen molar-refractivity contribution in [3.8, 4) is 0 Å². The van der Waals surface area contributed by atoms with Gasteiger partial charge in [-0.1, -0.05) is 13.3 Å². The monoisotopic (exact) mass is 411 g/mol. The van der Waals surface area contributed by atoms with Crippen molar-refractivity contribution in [1.82, 2.24) is 14.1 Å². The van der Waals surface area contributed by atoms with Crippen LogP contribution < -0.4 is 0 Å². The Labute approximate surface area is 167 Å². The molecule has 2 aliphatic heterocycles. The zero-order valence-electron chi connectivity index (χ0n) is 16.5. The molecule has 8 heteroatoms. The first kappa shape index (κ1) is 21.2. The van der Waals surface area contributed by atoms with Crippen molar-refractivity contribution in [2.75, 3.05) is 39.3 Å². The van der Waals surface area contributed by atoms with Gasteiger partial charge in [-0.05, 0) is 63.0 Å². The molecule has 0 saturated carbocycles. The van der Waals surface area contributed by atoms with Crippen LogP contribution in [0.1, 0.15) is 39.0 Å². The number of halogens is 1. The maximum Gasteiger partial charge on any atom is 0.243 e. The first-order valence-corrected chi connectivity index (χ1v) is 11.7. The highest BCUT2D eigenvalue weighted by atomic mass is 32.2. The van der Waals surface area contributed by atoms with E-state index in [9.17, 15) is 17.6 Å². The fourth-order valence-corrected chi connectivity index (χ4v) is 5.62. The van der Waals surface area contributed by atoms with Crippen molar-refractivity contribution < 1.29 is 17.6 Å². The zero-order valence-corrected chi connectivity index (χ0v) is 17.3. The molecule has 1 atom stereocenters. The molecule has 1 unspecified atom stereocenters. The molecule has 6 nitrogen and oxygen atoms in total. The number of piperidine rings is 1. The predicted molar refractivity (Wildman–Crippen MR) is 106 cm³/mol. The number of amides is 1. The van der Waals surface area contributed by atoms with Crippen molar-refractivity contribution in [3.63, 3.8) is 0 Å². The van der Waals surface area contributed by atoms with Crippen LogP contribution in [0.25, 0.3) is 0 Å². The summed E-state index contributed by atoms with van der Waals surface area (Å²) in [4.78, 5) is 17.3. The number of carbonyl (C=O) groups is 1. The number of likely N-dealkylation sites (tertiary alicyclic amines) is 1. The van der Waals surface area contributed by atoms with E-state index in [2.05, 4.69) is 11.8 Å². The first-order valence-electron chi connectivity index (χ1n) is 10.2. The summed E-state index contributed by atoms with van der Waals surface area (Å²) < 4.78 is 40.3. The maximum absolute atomic E-state index is 13.1. The van der Waals surface area contributed by atoms with Crippen LogP contribution in [0.15, 0.2) is 29.2 Å². The average molecular weight is 412 g/mol. The van der Waals surface area contributed by atoms with Gasteiger partial charge in [-0.2, -0.15) is 4.31 Å². The van der Waals surface area contributed by atoms with Crippen LogP contribution in [0.3, 0.4) is 0 Å². The predicted octanol–water partition coefficient (Wildman–Crippen LogP) is 2.31. The van der Waals surface area contributed by atoms with Crippen LogP contribution in [0.4, 0.5) is 4.39 Å². The van der Waals surface area contributed by atoms with Gasteiger partial charge in [0.05, 0.1) is 10.9 Å². The summed E-state index contributed by atoms with van der Waals surface area (Å²) in [6, 6.07) is 4.83. The zero-order chi connectivity index (χ0) is 20.1. The molecular weight excluding hydrogens is 381 g/mol. The molecule has 0 radical (unpaired) electrons. The van der Waals surface area contributed by atoms with Gasteiger partial charge in [-0.15, -0.1) is 0 Å². The van der Waals surface area contributed by atoms with Crippen LogP contribution in [-0.4, -0.2) is 73.7 Å². The average Bonchev–Trinajstić information content (AvgIpc) is 2.95. The molecule has 28 heavy (non-hydrogen) atoms. The second kappa shape index (κ2) is 9.33. The summed E-state index contributed by atoms with van der Waals surface area (Å²) in [5.41, 5.74) is 0. The van der Waals surface area contributed by atoms with Gasteiger partial charge in [0.25, 0.3) is 0 Å². The SMILES string of the molecule is CCCN1CCCCC1C(=O)N1CCCN(S(=O)(=O)c2ccc(F)cc2)CC1. The van der Waals surface area contributed by atoms with Crippen molar-refractivity contribution in [1.29, 1.82) is 0 Å². The van der Waals surface area contributed by atoms with E-state index in [1.165, 1.54) is 16.4 Å². The molecule has 0 spiro atoms. The van der Waals surface area contributed by atoms with Gasteiger partial charge in [0.15, 0.2) is 0 Å². The third kappa shape index (κ3) is 4.72. The highest BCUT2D eigenvalue weighted by Crippen LogP contribution is 2.22. The Bertz CT molecular complexity index is 767. The van der Waals surface area contributed by atoms with Gasteiger partial charge in [0, 0.05) is 26.2 Å². The Morgan fingerprint density at radius 3 is 2.50 bits per heavy atom. The van der Waals surface area contributed by atoms with Crippen molar-refractivity contribution in [2.24, 2.45) is 0 Å². The lowest BCUT2D eigenvalue weighted by molar-refractivity contribution is -0.138. The summed E-state index contributed by atoms with van der Waals surface area (Å²) in [6.07, 6.45) is 4.70. The minimum atomic E-state index is -3.68. The van der Waals surface area contributed by atoms with Gasteiger partial charge in [-0.3, -0.25) is 9.69 Å². The molecule has 0 aliphatic carbocycles. The number of nitrogens with zero attached hydrogens (tertiary/aromatic N) is 3. The van der Waals surface area contributed by atoms with Crippen LogP contribution in [-0.2, 0) is 14.8 Å². The summed E-state index contributed by atoms with van der Waals surface area (Å²) in [7, 11) is -3.68. The number of carbonyl (C=O) groups excluding carboxylic acids is 1. The van der Waals surface area contributed by atoms with E-state index >= 15 is 0 Å². The molecule has 0 bridgehead atoms. The first-order chi connectivity index (χ1) is 13.4. The quantitative estimate of drug-likeness (QED) is 0.746. The summed E-state index contributed by atoms with van der Waals surface area (Å²) >= 11 is 0. The highest BCUT2D eigenvalue weighted by molar-refractivity contribution is 7.89. The molecule has 156 valence electrons. The van der Waals surface area contributed by atoms with E-state index in [4.69, 9.17) is 0 Å². The molecule has 0 N–H and O–H groups in total. The fourth-order valence-electron chi connectivity index (χ4n) is 4.15. The van der Waals surface area contributed by atoms with Crippen molar-refractivity contribution in [3.05, 3.63) is 30.1 Å².